The summed E-state index contributed by atoms with van der Waals surface area (Å²) in [4.78, 5) is 30.0. The van der Waals surface area contributed by atoms with E-state index in [0.29, 0.717) is 29.1 Å². The zero-order valence-electron chi connectivity index (χ0n) is 17.4. The zero-order chi connectivity index (χ0) is 22.3. The van der Waals surface area contributed by atoms with Crippen LogP contribution in [0.3, 0.4) is 0 Å². The number of ether oxygens (including phenoxy) is 1. The molecular weight excluding hydrogens is 422 g/mol. The van der Waals surface area contributed by atoms with Crippen molar-refractivity contribution >= 4 is 28.8 Å². The second-order valence-electron chi connectivity index (χ2n) is 6.90. The van der Waals surface area contributed by atoms with Crippen LogP contribution in [0.1, 0.15) is 25.7 Å². The van der Waals surface area contributed by atoms with E-state index in [4.69, 9.17) is 4.74 Å². The van der Waals surface area contributed by atoms with Crippen molar-refractivity contribution in [2.45, 2.75) is 6.54 Å². The Balaban J connectivity index is 1.42. The van der Waals surface area contributed by atoms with E-state index in [1.165, 1.54) is 11.3 Å². The van der Waals surface area contributed by atoms with E-state index in [1.807, 2.05) is 35.7 Å². The summed E-state index contributed by atoms with van der Waals surface area (Å²) in [6, 6.07) is 23.6. The van der Waals surface area contributed by atoms with Gasteiger partial charge in [-0.15, -0.1) is 11.3 Å². The largest absolute Gasteiger partial charge is 0.497 e. The van der Waals surface area contributed by atoms with Crippen LogP contribution in [0, 0.1) is 0 Å². The lowest BCUT2D eigenvalue weighted by molar-refractivity contribution is 0.0951. The molecule has 1 aromatic heterocycles. The second-order valence-corrected chi connectivity index (χ2v) is 7.85. The monoisotopic (exact) mass is 443 g/mol. The lowest BCUT2D eigenvalue weighted by atomic mass is 10.1. The van der Waals surface area contributed by atoms with Crippen molar-refractivity contribution in [1.82, 2.24) is 10.3 Å². The number of hydrogen-bond donors (Lipinski definition) is 2. The predicted octanol–water partition coefficient (Wildman–Crippen LogP) is 5.00. The number of amides is 2. The highest BCUT2D eigenvalue weighted by molar-refractivity contribution is 7.09. The van der Waals surface area contributed by atoms with E-state index < -0.39 is 0 Å². The number of nitrogens with one attached hydrogen (secondary N) is 2. The van der Waals surface area contributed by atoms with Gasteiger partial charge in [0.25, 0.3) is 11.8 Å². The predicted molar refractivity (Wildman–Crippen MR) is 126 cm³/mol. The van der Waals surface area contributed by atoms with Gasteiger partial charge < -0.3 is 15.4 Å². The molecule has 32 heavy (non-hydrogen) atoms. The topological polar surface area (TPSA) is 80.3 Å². The van der Waals surface area contributed by atoms with Crippen LogP contribution in [-0.2, 0) is 6.54 Å². The molecule has 0 spiro atoms. The Kier molecular flexibility index (Phi) is 6.57. The number of hydrogen-bond acceptors (Lipinski definition) is 5. The van der Waals surface area contributed by atoms with Crippen LogP contribution in [0.4, 0.5) is 5.69 Å². The van der Waals surface area contributed by atoms with Gasteiger partial charge in [0.15, 0.2) is 0 Å². The Bertz CT molecular complexity index is 1220. The first-order valence-electron chi connectivity index (χ1n) is 9.96. The second kappa shape index (κ2) is 9.89. The Morgan fingerprint density at radius 1 is 0.906 bits per heavy atom. The molecule has 160 valence electrons. The zero-order valence-corrected chi connectivity index (χ0v) is 18.2. The minimum atomic E-state index is -0.305. The van der Waals surface area contributed by atoms with Crippen molar-refractivity contribution in [1.29, 1.82) is 0 Å². The van der Waals surface area contributed by atoms with E-state index in [2.05, 4.69) is 15.6 Å². The molecule has 6 nitrogen and oxygen atoms in total. The van der Waals surface area contributed by atoms with Gasteiger partial charge in [0.1, 0.15) is 10.8 Å². The summed E-state index contributed by atoms with van der Waals surface area (Å²) in [6.45, 7) is 0.303. The third-order valence-corrected chi connectivity index (χ3v) is 5.64. The summed E-state index contributed by atoms with van der Waals surface area (Å²) in [5.41, 5.74) is 3.21. The lowest BCUT2D eigenvalue weighted by Gasteiger charge is -2.11. The molecule has 0 aliphatic heterocycles. The van der Waals surface area contributed by atoms with Crippen molar-refractivity contribution in [3.05, 3.63) is 100 Å². The minimum absolute atomic E-state index is 0.285. The Morgan fingerprint density at radius 2 is 1.62 bits per heavy atom. The number of thiazole rings is 1. The molecule has 7 heteroatoms. The van der Waals surface area contributed by atoms with Crippen LogP contribution >= 0.6 is 11.3 Å². The molecule has 0 saturated carbocycles. The third-order valence-electron chi connectivity index (χ3n) is 4.79. The highest BCUT2D eigenvalue weighted by Crippen LogP contribution is 2.22. The maximum Gasteiger partial charge on any atom is 0.255 e. The van der Waals surface area contributed by atoms with Gasteiger partial charge in [-0.3, -0.25) is 9.59 Å². The Morgan fingerprint density at radius 3 is 2.38 bits per heavy atom. The van der Waals surface area contributed by atoms with Gasteiger partial charge in [-0.05, 0) is 36.4 Å². The Hall–Kier alpha value is -3.97. The van der Waals surface area contributed by atoms with Crippen LogP contribution in [0.5, 0.6) is 5.75 Å². The minimum Gasteiger partial charge on any atom is -0.497 e. The average Bonchev–Trinajstić information content (AvgIpc) is 3.32. The first-order valence-corrected chi connectivity index (χ1v) is 10.8. The summed E-state index contributed by atoms with van der Waals surface area (Å²) in [5, 5.41) is 8.48. The van der Waals surface area contributed by atoms with Gasteiger partial charge in [-0.2, -0.15) is 0 Å². The van der Waals surface area contributed by atoms with Gasteiger partial charge in [0, 0.05) is 16.5 Å². The van der Waals surface area contributed by atoms with Gasteiger partial charge in [0.05, 0.1) is 30.6 Å². The average molecular weight is 444 g/mol. The summed E-state index contributed by atoms with van der Waals surface area (Å²) in [6.07, 6.45) is 0. The number of anilines is 1. The number of carbonyl (C=O) groups is 2. The van der Waals surface area contributed by atoms with Crippen LogP contribution < -0.4 is 15.4 Å². The number of carbonyl (C=O) groups excluding carboxylic acids is 2. The fourth-order valence-electron chi connectivity index (χ4n) is 3.11. The number of aromatic nitrogens is 1. The van der Waals surface area contributed by atoms with Crippen molar-refractivity contribution < 1.29 is 14.3 Å². The molecule has 0 aliphatic rings. The first-order chi connectivity index (χ1) is 15.6. The molecule has 0 fully saturated rings. The maximum absolute atomic E-state index is 12.8. The van der Waals surface area contributed by atoms with Crippen molar-refractivity contribution in [3.8, 4) is 17.0 Å². The number of para-hydroxylation sites is 1. The van der Waals surface area contributed by atoms with E-state index in [9.17, 15) is 9.59 Å². The van der Waals surface area contributed by atoms with Crippen molar-refractivity contribution in [2.75, 3.05) is 12.4 Å². The summed E-state index contributed by atoms with van der Waals surface area (Å²) in [7, 11) is 1.57. The molecular formula is C25H21N3O3S. The van der Waals surface area contributed by atoms with Gasteiger partial charge in [-0.25, -0.2) is 4.98 Å². The highest BCUT2D eigenvalue weighted by atomic mass is 32.1. The van der Waals surface area contributed by atoms with E-state index >= 15 is 0 Å². The van der Waals surface area contributed by atoms with Crippen molar-refractivity contribution in [3.63, 3.8) is 0 Å². The fourth-order valence-corrected chi connectivity index (χ4v) is 3.85. The smallest absolute Gasteiger partial charge is 0.255 e. The molecule has 1 heterocycles. The number of rotatable bonds is 7. The molecule has 0 aliphatic carbocycles. The molecule has 2 amide bonds. The van der Waals surface area contributed by atoms with Crippen LogP contribution in [0.2, 0.25) is 0 Å². The van der Waals surface area contributed by atoms with Crippen LogP contribution in [0.15, 0.2) is 84.2 Å². The number of methoxy groups -OCH3 is 1. The van der Waals surface area contributed by atoms with Crippen molar-refractivity contribution in [2.24, 2.45) is 0 Å². The van der Waals surface area contributed by atoms with Gasteiger partial charge in [-0.1, -0.05) is 42.5 Å². The summed E-state index contributed by atoms with van der Waals surface area (Å²) in [5.74, 6) is 0.0753. The van der Waals surface area contributed by atoms with E-state index in [1.54, 1.807) is 55.6 Å². The van der Waals surface area contributed by atoms with Gasteiger partial charge >= 0.3 is 0 Å². The molecule has 4 rings (SSSR count). The highest BCUT2D eigenvalue weighted by Gasteiger charge is 2.15. The standard InChI is InChI=1S/C25H21N3O3S/c1-31-19-13-11-18(12-14-19)24(29)28-21-10-6-5-9-20(21)25(30)26-15-23-27-22(16-32-23)17-7-3-2-4-8-17/h2-14,16H,15H2,1H3,(H,26,30)(H,28,29). The molecule has 0 bridgehead atoms. The molecule has 2 N–H and O–H groups in total. The van der Waals surface area contributed by atoms with Crippen LogP contribution in [-0.4, -0.2) is 23.9 Å². The molecule has 0 radical (unpaired) electrons. The number of nitrogens with zero attached hydrogens (tertiary/aromatic N) is 1. The van der Waals surface area contributed by atoms with E-state index in [-0.39, 0.29) is 11.8 Å². The fraction of sp³-hybridized carbons (Fsp3) is 0.0800. The molecule has 0 atom stereocenters. The lowest BCUT2D eigenvalue weighted by Crippen LogP contribution is -2.24. The SMILES string of the molecule is COc1ccc(C(=O)Nc2ccccc2C(=O)NCc2nc(-c3ccccc3)cs2)cc1. The van der Waals surface area contributed by atoms with Crippen LogP contribution in [0.25, 0.3) is 11.3 Å². The van der Waals surface area contributed by atoms with E-state index in [0.717, 1.165) is 16.3 Å². The van der Waals surface area contributed by atoms with Gasteiger partial charge in [0.2, 0.25) is 0 Å². The maximum atomic E-state index is 12.8. The number of benzene rings is 3. The third kappa shape index (κ3) is 5.01. The quantitative estimate of drug-likeness (QED) is 0.421. The summed E-state index contributed by atoms with van der Waals surface area (Å²) < 4.78 is 5.12. The molecule has 3 aromatic carbocycles. The summed E-state index contributed by atoms with van der Waals surface area (Å²) >= 11 is 1.49. The molecule has 4 aromatic rings. The Labute approximate surface area is 189 Å². The molecule has 0 unspecified atom stereocenters. The first kappa shape index (κ1) is 21.3. The molecule has 0 saturated heterocycles. The normalized spacial score (nSPS) is 10.4.